The summed E-state index contributed by atoms with van der Waals surface area (Å²) in [6.45, 7) is 2.77. The Hall–Kier alpha value is -3.28. The summed E-state index contributed by atoms with van der Waals surface area (Å²) in [7, 11) is 0. The minimum absolute atomic E-state index is 0.242. The number of ether oxygens (including phenoxy) is 5. The molecule has 2 unspecified atom stereocenters. The van der Waals surface area contributed by atoms with E-state index in [1.165, 1.54) is 0 Å². The normalized spacial score (nSPS) is 19.4. The molecule has 0 spiro atoms. The van der Waals surface area contributed by atoms with Crippen LogP contribution in [0, 0.1) is 0 Å². The summed E-state index contributed by atoms with van der Waals surface area (Å²) < 4.78 is 28.2. The highest BCUT2D eigenvalue weighted by Crippen LogP contribution is 2.31. The molecular weight excluding hydrogens is 392 g/mol. The van der Waals surface area contributed by atoms with Crippen molar-refractivity contribution in [2.24, 2.45) is 0 Å². The van der Waals surface area contributed by atoms with E-state index in [1.807, 2.05) is 48.5 Å². The molecular formula is C26H22O5. The average molecular weight is 414 g/mol. The van der Waals surface area contributed by atoms with Gasteiger partial charge in [0, 0.05) is 0 Å². The Labute approximate surface area is 180 Å². The summed E-state index contributed by atoms with van der Waals surface area (Å²) >= 11 is 0. The standard InChI is InChI=1S/C26H22O5/c1-5-21(27-13-25-15-29-25)9-19-11-23(7-3-17(1)19)31-24-8-4-18-2-6-22(10-20(18)12-24)28-14-26-16-30-26/h1-12,25-26H,13-16H2. The molecule has 4 aromatic rings. The van der Waals surface area contributed by atoms with Crippen molar-refractivity contribution in [1.29, 1.82) is 0 Å². The highest BCUT2D eigenvalue weighted by molar-refractivity contribution is 5.86. The fourth-order valence-electron chi connectivity index (χ4n) is 3.56. The molecule has 5 heteroatoms. The molecule has 0 aliphatic carbocycles. The van der Waals surface area contributed by atoms with Gasteiger partial charge in [-0.2, -0.15) is 0 Å². The maximum atomic E-state index is 6.17. The number of benzene rings is 4. The Morgan fingerprint density at radius 1 is 0.548 bits per heavy atom. The lowest BCUT2D eigenvalue weighted by Crippen LogP contribution is -2.03. The SMILES string of the molecule is c1cc2ccc(Oc3ccc4ccc(OCC5CO5)cc4c3)cc2cc1OCC1CO1. The molecule has 0 bridgehead atoms. The Morgan fingerprint density at radius 3 is 1.35 bits per heavy atom. The monoisotopic (exact) mass is 414 g/mol. The largest absolute Gasteiger partial charge is 0.491 e. The molecule has 6 rings (SSSR count). The van der Waals surface area contributed by atoms with Gasteiger partial charge in [0.15, 0.2) is 0 Å². The van der Waals surface area contributed by atoms with Gasteiger partial charge in [0.2, 0.25) is 0 Å². The lowest BCUT2D eigenvalue weighted by atomic mass is 10.1. The second-order valence-electron chi connectivity index (χ2n) is 7.98. The molecule has 5 nitrogen and oxygen atoms in total. The van der Waals surface area contributed by atoms with Crippen LogP contribution in [-0.4, -0.2) is 38.6 Å². The van der Waals surface area contributed by atoms with Crippen LogP contribution in [0.4, 0.5) is 0 Å². The Morgan fingerprint density at radius 2 is 0.935 bits per heavy atom. The van der Waals surface area contributed by atoms with Crippen LogP contribution in [0.5, 0.6) is 23.0 Å². The maximum Gasteiger partial charge on any atom is 0.128 e. The number of hydrogen-bond acceptors (Lipinski definition) is 5. The van der Waals surface area contributed by atoms with Crippen molar-refractivity contribution in [3.05, 3.63) is 72.8 Å². The highest BCUT2D eigenvalue weighted by atomic mass is 16.6. The molecule has 2 atom stereocenters. The fraction of sp³-hybridized carbons (Fsp3) is 0.231. The first-order valence-corrected chi connectivity index (χ1v) is 10.5. The number of epoxide rings is 2. The Bertz CT molecular complexity index is 1150. The highest BCUT2D eigenvalue weighted by Gasteiger charge is 2.23. The number of fused-ring (bicyclic) bond motifs is 2. The van der Waals surface area contributed by atoms with Crippen molar-refractivity contribution in [2.75, 3.05) is 26.4 Å². The zero-order valence-electron chi connectivity index (χ0n) is 17.0. The van der Waals surface area contributed by atoms with Crippen molar-refractivity contribution in [3.63, 3.8) is 0 Å². The van der Waals surface area contributed by atoms with Gasteiger partial charge in [-0.1, -0.05) is 24.3 Å². The van der Waals surface area contributed by atoms with Gasteiger partial charge in [-0.25, -0.2) is 0 Å². The zero-order valence-corrected chi connectivity index (χ0v) is 17.0. The second kappa shape index (κ2) is 7.76. The van der Waals surface area contributed by atoms with Crippen LogP contribution in [-0.2, 0) is 9.47 Å². The first-order valence-electron chi connectivity index (χ1n) is 10.5. The first kappa shape index (κ1) is 18.5. The van der Waals surface area contributed by atoms with Crippen LogP contribution in [0.2, 0.25) is 0 Å². The van der Waals surface area contributed by atoms with E-state index in [4.69, 9.17) is 23.7 Å². The predicted octanol–water partition coefficient (Wildman–Crippen LogP) is 5.34. The van der Waals surface area contributed by atoms with Crippen LogP contribution in [0.3, 0.4) is 0 Å². The van der Waals surface area contributed by atoms with E-state index in [0.29, 0.717) is 13.2 Å². The van der Waals surface area contributed by atoms with Crippen LogP contribution >= 0.6 is 0 Å². The van der Waals surface area contributed by atoms with Crippen LogP contribution < -0.4 is 14.2 Å². The molecule has 4 aromatic carbocycles. The third kappa shape index (κ3) is 4.43. The van der Waals surface area contributed by atoms with Crippen molar-refractivity contribution in [2.45, 2.75) is 12.2 Å². The quantitative estimate of drug-likeness (QED) is 0.364. The third-order valence-corrected chi connectivity index (χ3v) is 5.48. The number of hydrogen-bond donors (Lipinski definition) is 0. The molecule has 31 heavy (non-hydrogen) atoms. The minimum Gasteiger partial charge on any atom is -0.491 e. The smallest absolute Gasteiger partial charge is 0.128 e. The van der Waals surface area contributed by atoms with Gasteiger partial charge in [0.25, 0.3) is 0 Å². The summed E-state index contributed by atoms with van der Waals surface area (Å²) in [4.78, 5) is 0. The minimum atomic E-state index is 0.242. The summed E-state index contributed by atoms with van der Waals surface area (Å²) in [6, 6.07) is 24.4. The first-order chi connectivity index (χ1) is 15.3. The molecule has 2 aliphatic heterocycles. The van der Waals surface area contributed by atoms with Crippen molar-refractivity contribution < 1.29 is 23.7 Å². The molecule has 2 heterocycles. The molecule has 0 aromatic heterocycles. The topological polar surface area (TPSA) is 52.8 Å². The summed E-state index contributed by atoms with van der Waals surface area (Å²) in [6.07, 6.45) is 0.484. The van der Waals surface area contributed by atoms with Gasteiger partial charge in [-0.15, -0.1) is 0 Å². The van der Waals surface area contributed by atoms with Gasteiger partial charge in [-0.3, -0.25) is 0 Å². The molecule has 2 fully saturated rings. The molecule has 0 amide bonds. The van der Waals surface area contributed by atoms with E-state index in [-0.39, 0.29) is 12.2 Å². The Balaban J connectivity index is 1.21. The molecule has 156 valence electrons. The van der Waals surface area contributed by atoms with Crippen LogP contribution in [0.15, 0.2) is 72.8 Å². The van der Waals surface area contributed by atoms with E-state index in [1.54, 1.807) is 0 Å². The summed E-state index contributed by atoms with van der Waals surface area (Å²) in [5.74, 6) is 3.26. The Kier molecular flexibility index (Phi) is 4.63. The van der Waals surface area contributed by atoms with E-state index in [9.17, 15) is 0 Å². The average Bonchev–Trinajstić information content (AvgIpc) is 3.71. The molecule has 0 radical (unpaired) electrons. The lowest BCUT2D eigenvalue weighted by Gasteiger charge is -2.10. The zero-order chi connectivity index (χ0) is 20.6. The summed E-state index contributed by atoms with van der Waals surface area (Å²) in [5, 5.41) is 4.43. The van der Waals surface area contributed by atoms with Gasteiger partial charge < -0.3 is 23.7 Å². The fourth-order valence-corrected chi connectivity index (χ4v) is 3.56. The van der Waals surface area contributed by atoms with Gasteiger partial charge in [0.05, 0.1) is 13.2 Å². The van der Waals surface area contributed by atoms with E-state index in [0.717, 1.165) is 57.8 Å². The lowest BCUT2D eigenvalue weighted by molar-refractivity contribution is 0.263. The van der Waals surface area contributed by atoms with Gasteiger partial charge in [-0.05, 0) is 70.1 Å². The third-order valence-electron chi connectivity index (χ3n) is 5.48. The van der Waals surface area contributed by atoms with E-state index < -0.39 is 0 Å². The summed E-state index contributed by atoms with van der Waals surface area (Å²) in [5.41, 5.74) is 0. The predicted molar refractivity (Wildman–Crippen MR) is 118 cm³/mol. The molecule has 0 saturated carbocycles. The molecule has 2 aliphatic rings. The van der Waals surface area contributed by atoms with Crippen LogP contribution in [0.1, 0.15) is 0 Å². The molecule has 2 saturated heterocycles. The van der Waals surface area contributed by atoms with Crippen molar-refractivity contribution >= 4 is 21.5 Å². The van der Waals surface area contributed by atoms with Gasteiger partial charge in [0.1, 0.15) is 48.4 Å². The van der Waals surface area contributed by atoms with Crippen molar-refractivity contribution in [3.8, 4) is 23.0 Å². The molecule has 0 N–H and O–H groups in total. The van der Waals surface area contributed by atoms with Crippen molar-refractivity contribution in [1.82, 2.24) is 0 Å². The number of rotatable bonds is 8. The van der Waals surface area contributed by atoms with Crippen LogP contribution in [0.25, 0.3) is 21.5 Å². The van der Waals surface area contributed by atoms with Gasteiger partial charge >= 0.3 is 0 Å². The van der Waals surface area contributed by atoms with E-state index >= 15 is 0 Å². The second-order valence-corrected chi connectivity index (χ2v) is 7.98. The van der Waals surface area contributed by atoms with E-state index in [2.05, 4.69) is 24.3 Å². The maximum absolute atomic E-state index is 6.17.